The third-order valence-corrected chi connectivity index (χ3v) is 0.799. The van der Waals surface area contributed by atoms with Crippen molar-refractivity contribution in [1.82, 2.24) is 0 Å². The molecule has 0 aliphatic heterocycles. The zero-order valence-electron chi connectivity index (χ0n) is 5.40. The van der Waals surface area contributed by atoms with E-state index in [0.29, 0.717) is 11.5 Å². The van der Waals surface area contributed by atoms with Gasteiger partial charge in [-0.3, -0.25) is 4.79 Å². The van der Waals surface area contributed by atoms with Gasteiger partial charge >= 0.3 is 0 Å². The van der Waals surface area contributed by atoms with Crippen LogP contribution in [0.1, 0.15) is 20.3 Å². The van der Waals surface area contributed by atoms with Crippen molar-refractivity contribution in [2.75, 3.05) is 0 Å². The van der Waals surface area contributed by atoms with Gasteiger partial charge in [-0.2, -0.15) is 0 Å². The number of allylic oxidation sites excluding steroid dienone is 1. The summed E-state index contributed by atoms with van der Waals surface area (Å²) in [5, 5.41) is 0. The Balaban J connectivity index is 3.39. The first-order valence-electron chi connectivity index (χ1n) is 2.72. The smallest absolute Gasteiger partial charge is 0.228 e. The number of hydrogen-bond acceptors (Lipinski definition) is 1. The molecule has 0 bridgehead atoms. The largest absolute Gasteiger partial charge is 0.285 e. The van der Waals surface area contributed by atoms with E-state index in [1.807, 2.05) is 13.8 Å². The second-order valence-electron chi connectivity index (χ2n) is 2.30. The minimum absolute atomic E-state index is 0.518. The van der Waals surface area contributed by atoms with E-state index in [0.717, 1.165) is 6.42 Å². The van der Waals surface area contributed by atoms with E-state index in [9.17, 15) is 4.79 Å². The van der Waals surface area contributed by atoms with Gasteiger partial charge in [0, 0.05) is 0 Å². The Labute approximate surface area is 50.4 Å². The summed E-state index contributed by atoms with van der Waals surface area (Å²) in [5.74, 6) is 0.518. The Morgan fingerprint density at radius 3 is 2.38 bits per heavy atom. The first-order chi connectivity index (χ1) is 3.66. The van der Waals surface area contributed by atoms with E-state index in [2.05, 4.69) is 6.58 Å². The van der Waals surface area contributed by atoms with E-state index >= 15 is 0 Å². The minimum Gasteiger partial charge on any atom is -0.285 e. The SMILES string of the molecule is C=C([C]=O)CC(C)C. The summed E-state index contributed by atoms with van der Waals surface area (Å²) in [4.78, 5) is 9.82. The standard InChI is InChI=1S/C7H11O/c1-6(2)4-7(3)5-8/h6H,3-4H2,1-2H3. The lowest BCUT2D eigenvalue weighted by molar-refractivity contribution is 0.554. The van der Waals surface area contributed by atoms with Gasteiger partial charge < -0.3 is 0 Å². The van der Waals surface area contributed by atoms with Crippen LogP contribution >= 0.6 is 0 Å². The molecular weight excluding hydrogens is 100 g/mol. The lowest BCUT2D eigenvalue weighted by atomic mass is 10.1. The summed E-state index contributed by atoms with van der Waals surface area (Å²) in [6.45, 7) is 7.58. The van der Waals surface area contributed by atoms with E-state index in [4.69, 9.17) is 0 Å². The normalized spacial score (nSPS) is 9.38. The van der Waals surface area contributed by atoms with Crippen LogP contribution in [-0.4, -0.2) is 6.29 Å². The lowest BCUT2D eigenvalue weighted by Gasteiger charge is -1.98. The van der Waals surface area contributed by atoms with Crippen molar-refractivity contribution < 1.29 is 4.79 Å². The highest BCUT2D eigenvalue weighted by atomic mass is 16.1. The molecule has 0 atom stereocenters. The number of hydrogen-bond donors (Lipinski definition) is 0. The molecule has 0 aromatic carbocycles. The van der Waals surface area contributed by atoms with Crippen LogP contribution in [0, 0.1) is 5.92 Å². The highest BCUT2D eigenvalue weighted by molar-refractivity contribution is 5.72. The van der Waals surface area contributed by atoms with Crippen molar-refractivity contribution in [1.29, 1.82) is 0 Å². The molecule has 0 heterocycles. The van der Waals surface area contributed by atoms with Gasteiger partial charge in [-0.15, -0.1) is 0 Å². The Morgan fingerprint density at radius 1 is 1.75 bits per heavy atom. The molecule has 0 spiro atoms. The van der Waals surface area contributed by atoms with Crippen molar-refractivity contribution >= 4 is 6.29 Å². The average molecular weight is 111 g/mol. The van der Waals surface area contributed by atoms with Gasteiger partial charge in [-0.25, -0.2) is 0 Å². The lowest BCUT2D eigenvalue weighted by Crippen LogP contribution is -1.89. The van der Waals surface area contributed by atoms with E-state index < -0.39 is 0 Å². The van der Waals surface area contributed by atoms with Crippen LogP contribution < -0.4 is 0 Å². The third kappa shape index (κ3) is 3.59. The van der Waals surface area contributed by atoms with E-state index in [1.54, 1.807) is 6.29 Å². The van der Waals surface area contributed by atoms with Gasteiger partial charge in [-0.05, 0) is 17.9 Å². The molecule has 8 heavy (non-hydrogen) atoms. The summed E-state index contributed by atoms with van der Waals surface area (Å²) in [6.07, 6.45) is 2.52. The highest BCUT2D eigenvalue weighted by Crippen LogP contribution is 2.04. The monoisotopic (exact) mass is 111 g/mol. The van der Waals surface area contributed by atoms with E-state index in [1.165, 1.54) is 0 Å². The number of carbonyl (C=O) groups excluding carboxylic acids is 1. The second-order valence-corrected chi connectivity index (χ2v) is 2.30. The zero-order valence-corrected chi connectivity index (χ0v) is 5.40. The average Bonchev–Trinajstić information content (AvgIpc) is 1.65. The predicted octanol–water partition coefficient (Wildman–Crippen LogP) is 1.70. The van der Waals surface area contributed by atoms with Crippen LogP contribution in [0.2, 0.25) is 0 Å². The Hall–Kier alpha value is -0.590. The van der Waals surface area contributed by atoms with Crippen molar-refractivity contribution in [3.05, 3.63) is 12.2 Å². The van der Waals surface area contributed by atoms with Crippen LogP contribution in [0.15, 0.2) is 12.2 Å². The zero-order chi connectivity index (χ0) is 6.57. The van der Waals surface area contributed by atoms with Gasteiger partial charge in [0.05, 0.1) is 0 Å². The number of rotatable bonds is 3. The fourth-order valence-electron chi connectivity index (χ4n) is 0.534. The third-order valence-electron chi connectivity index (χ3n) is 0.799. The van der Waals surface area contributed by atoms with Gasteiger partial charge in [0.25, 0.3) is 0 Å². The Bertz CT molecular complexity index is 92.6. The molecule has 1 radical (unpaired) electrons. The second kappa shape index (κ2) is 3.42. The molecule has 1 heteroatoms. The maximum Gasteiger partial charge on any atom is 0.228 e. The molecule has 0 saturated heterocycles. The molecule has 45 valence electrons. The van der Waals surface area contributed by atoms with Gasteiger partial charge in [-0.1, -0.05) is 20.4 Å². The highest BCUT2D eigenvalue weighted by Gasteiger charge is 1.95. The van der Waals surface area contributed by atoms with Crippen LogP contribution in [0.5, 0.6) is 0 Å². The van der Waals surface area contributed by atoms with Crippen molar-refractivity contribution in [2.24, 2.45) is 5.92 Å². The van der Waals surface area contributed by atoms with Crippen LogP contribution in [0.25, 0.3) is 0 Å². The molecule has 0 N–H and O–H groups in total. The molecule has 0 aliphatic carbocycles. The fraction of sp³-hybridized carbons (Fsp3) is 0.571. The summed E-state index contributed by atoms with van der Waals surface area (Å²) in [7, 11) is 0. The maximum atomic E-state index is 9.82. The molecule has 0 saturated carbocycles. The molecule has 1 nitrogen and oxygen atoms in total. The summed E-state index contributed by atoms with van der Waals surface area (Å²) < 4.78 is 0. The Kier molecular flexibility index (Phi) is 3.16. The molecule has 0 aliphatic rings. The minimum atomic E-state index is 0.518. The molecule has 0 aromatic heterocycles. The van der Waals surface area contributed by atoms with Crippen molar-refractivity contribution in [3.63, 3.8) is 0 Å². The van der Waals surface area contributed by atoms with Crippen LogP contribution in [0.3, 0.4) is 0 Å². The maximum absolute atomic E-state index is 9.82. The van der Waals surface area contributed by atoms with Crippen LogP contribution in [-0.2, 0) is 4.79 Å². The summed E-state index contributed by atoms with van der Waals surface area (Å²) in [6, 6.07) is 0. The molecule has 0 rings (SSSR count). The quantitative estimate of drug-likeness (QED) is 0.506. The van der Waals surface area contributed by atoms with Crippen LogP contribution in [0.4, 0.5) is 0 Å². The summed E-state index contributed by atoms with van der Waals surface area (Å²) >= 11 is 0. The molecule has 0 aromatic rings. The topological polar surface area (TPSA) is 17.1 Å². The van der Waals surface area contributed by atoms with Gasteiger partial charge in [0.1, 0.15) is 0 Å². The Morgan fingerprint density at radius 2 is 2.25 bits per heavy atom. The van der Waals surface area contributed by atoms with Gasteiger partial charge in [0.2, 0.25) is 6.29 Å². The predicted molar refractivity (Wildman–Crippen MR) is 34.3 cm³/mol. The van der Waals surface area contributed by atoms with Gasteiger partial charge in [0.15, 0.2) is 0 Å². The van der Waals surface area contributed by atoms with Crippen molar-refractivity contribution in [3.8, 4) is 0 Å². The molecule has 0 amide bonds. The fourth-order valence-corrected chi connectivity index (χ4v) is 0.534. The van der Waals surface area contributed by atoms with Crippen molar-refractivity contribution in [2.45, 2.75) is 20.3 Å². The van der Waals surface area contributed by atoms with E-state index in [-0.39, 0.29) is 0 Å². The molecular formula is C7H11O. The summed E-state index contributed by atoms with van der Waals surface area (Å²) in [5.41, 5.74) is 0.569. The first kappa shape index (κ1) is 7.41. The first-order valence-corrected chi connectivity index (χ1v) is 2.72. The molecule has 0 unspecified atom stereocenters. The molecule has 0 fully saturated rings.